The predicted octanol–water partition coefficient (Wildman–Crippen LogP) is 3.15. The molecule has 3 atom stereocenters. The molecule has 1 aromatic carbocycles. The van der Waals surface area contributed by atoms with E-state index in [-0.39, 0.29) is 11.3 Å². The van der Waals surface area contributed by atoms with Gasteiger partial charge in [-0.05, 0) is 63.4 Å². The highest BCUT2D eigenvalue weighted by atomic mass is 16.6. The second kappa shape index (κ2) is 11.3. The molecule has 3 N–H and O–H groups in total. The van der Waals surface area contributed by atoms with Crippen LogP contribution in [0.3, 0.4) is 0 Å². The highest BCUT2D eigenvalue weighted by molar-refractivity contribution is 5.89. The number of nitrogens with zero attached hydrogens (tertiary/aromatic N) is 1. The number of carboxylic acids is 1. The van der Waals surface area contributed by atoms with E-state index in [0.29, 0.717) is 5.75 Å². The predicted molar refractivity (Wildman–Crippen MR) is 123 cm³/mol. The summed E-state index contributed by atoms with van der Waals surface area (Å²) in [5.74, 6) is -1.54. The Hall–Kier alpha value is -2.61. The number of ether oxygens (including phenoxy) is 1. The molecule has 1 heterocycles. The number of carbonyl (C=O) groups is 3. The van der Waals surface area contributed by atoms with Gasteiger partial charge in [0.2, 0.25) is 5.91 Å². The monoisotopic (exact) mass is 447 g/mol. The SMILES string of the molecule is CCC1(c2cccc(OC(=O)N[C@H](C(=O)N[C@@H](C)C(=O)O)C(C)C)c2)CCCCN(C)C1. The minimum Gasteiger partial charge on any atom is -0.480 e. The van der Waals surface area contributed by atoms with Gasteiger partial charge >= 0.3 is 12.1 Å². The van der Waals surface area contributed by atoms with Crippen molar-refractivity contribution in [1.29, 1.82) is 0 Å². The topological polar surface area (TPSA) is 108 Å². The summed E-state index contributed by atoms with van der Waals surface area (Å²) in [6.07, 6.45) is 3.66. The van der Waals surface area contributed by atoms with Crippen LogP contribution in [0.2, 0.25) is 0 Å². The molecule has 0 spiro atoms. The summed E-state index contributed by atoms with van der Waals surface area (Å²) in [5.41, 5.74) is 1.15. The summed E-state index contributed by atoms with van der Waals surface area (Å²) in [5, 5.41) is 14.0. The standard InChI is InChI=1S/C24H37N3O5/c1-6-24(12-7-8-13-27(5)15-24)18-10-9-11-19(14-18)32-23(31)26-20(16(2)3)21(28)25-17(4)22(29)30/h9-11,14,16-17,20H,6-8,12-13,15H2,1-5H3,(H,25,28)(H,26,31)(H,29,30)/t17-,20-,24?/m0/s1. The first-order valence-corrected chi connectivity index (χ1v) is 11.4. The molecule has 0 radical (unpaired) electrons. The fraction of sp³-hybridized carbons (Fsp3) is 0.625. The fourth-order valence-corrected chi connectivity index (χ4v) is 4.30. The maximum Gasteiger partial charge on any atom is 0.413 e. The van der Waals surface area contributed by atoms with E-state index in [0.717, 1.165) is 37.9 Å². The Bertz CT molecular complexity index is 813. The number of likely N-dealkylation sites (tertiary alicyclic amines) is 1. The van der Waals surface area contributed by atoms with Crippen LogP contribution in [-0.2, 0) is 15.0 Å². The van der Waals surface area contributed by atoms with Gasteiger partial charge in [0.05, 0.1) is 0 Å². The van der Waals surface area contributed by atoms with Crippen LogP contribution in [0, 0.1) is 5.92 Å². The average molecular weight is 448 g/mol. The Morgan fingerprint density at radius 3 is 2.53 bits per heavy atom. The van der Waals surface area contributed by atoms with Crippen molar-refractivity contribution in [2.24, 2.45) is 5.92 Å². The molecule has 1 aliphatic heterocycles. The lowest BCUT2D eigenvalue weighted by atomic mass is 9.74. The van der Waals surface area contributed by atoms with Gasteiger partial charge < -0.3 is 25.4 Å². The quantitative estimate of drug-likeness (QED) is 0.565. The van der Waals surface area contributed by atoms with Gasteiger partial charge in [-0.2, -0.15) is 0 Å². The lowest BCUT2D eigenvalue weighted by Crippen LogP contribution is -2.53. The molecule has 0 aromatic heterocycles. The minimum atomic E-state index is -1.14. The fourth-order valence-electron chi connectivity index (χ4n) is 4.30. The molecule has 0 aliphatic carbocycles. The van der Waals surface area contributed by atoms with Crippen LogP contribution >= 0.6 is 0 Å². The van der Waals surface area contributed by atoms with Crippen LogP contribution in [-0.4, -0.2) is 60.2 Å². The van der Waals surface area contributed by atoms with Crippen LogP contribution in [0.4, 0.5) is 4.79 Å². The molecule has 2 rings (SSSR count). The summed E-state index contributed by atoms with van der Waals surface area (Å²) in [7, 11) is 2.14. The van der Waals surface area contributed by atoms with Crippen molar-refractivity contribution in [3.63, 3.8) is 0 Å². The summed E-state index contributed by atoms with van der Waals surface area (Å²) >= 11 is 0. The third kappa shape index (κ3) is 6.69. The largest absolute Gasteiger partial charge is 0.480 e. The number of carboxylic acid groups (broad SMARTS) is 1. The van der Waals surface area contributed by atoms with Gasteiger partial charge in [-0.1, -0.05) is 39.3 Å². The Morgan fingerprint density at radius 1 is 1.19 bits per heavy atom. The normalized spacial score (nSPS) is 21.3. The van der Waals surface area contributed by atoms with E-state index in [9.17, 15) is 14.4 Å². The molecule has 32 heavy (non-hydrogen) atoms. The number of aliphatic carboxylic acids is 1. The smallest absolute Gasteiger partial charge is 0.413 e. The molecule has 178 valence electrons. The minimum absolute atomic E-state index is 0.00835. The van der Waals surface area contributed by atoms with Gasteiger partial charge in [0.1, 0.15) is 17.8 Å². The van der Waals surface area contributed by atoms with E-state index in [4.69, 9.17) is 9.84 Å². The Labute approximate surface area is 190 Å². The van der Waals surface area contributed by atoms with Gasteiger partial charge in [-0.15, -0.1) is 0 Å². The molecule has 1 fully saturated rings. The summed E-state index contributed by atoms with van der Waals surface area (Å²) < 4.78 is 5.52. The zero-order valence-electron chi connectivity index (χ0n) is 19.8. The number of hydrogen-bond acceptors (Lipinski definition) is 5. The Kier molecular flexibility index (Phi) is 9.07. The van der Waals surface area contributed by atoms with E-state index in [1.807, 2.05) is 12.1 Å². The number of carbonyl (C=O) groups excluding carboxylic acids is 2. The van der Waals surface area contributed by atoms with Gasteiger partial charge in [0.25, 0.3) is 0 Å². The van der Waals surface area contributed by atoms with Crippen molar-refractivity contribution in [3.05, 3.63) is 29.8 Å². The van der Waals surface area contributed by atoms with Crippen molar-refractivity contribution < 1.29 is 24.2 Å². The molecular weight excluding hydrogens is 410 g/mol. The highest BCUT2D eigenvalue weighted by Gasteiger charge is 2.33. The molecule has 1 unspecified atom stereocenters. The molecule has 0 saturated carbocycles. The summed E-state index contributed by atoms with van der Waals surface area (Å²) in [6, 6.07) is 5.65. The first-order valence-electron chi connectivity index (χ1n) is 11.4. The first-order chi connectivity index (χ1) is 15.1. The summed E-state index contributed by atoms with van der Waals surface area (Å²) in [4.78, 5) is 38.4. The van der Waals surface area contributed by atoms with E-state index in [1.165, 1.54) is 13.3 Å². The van der Waals surface area contributed by atoms with Crippen molar-refractivity contribution >= 4 is 18.0 Å². The zero-order valence-corrected chi connectivity index (χ0v) is 19.8. The average Bonchev–Trinajstić information content (AvgIpc) is 2.93. The van der Waals surface area contributed by atoms with Crippen molar-refractivity contribution in [3.8, 4) is 5.75 Å². The van der Waals surface area contributed by atoms with Gasteiger partial charge in [-0.3, -0.25) is 9.59 Å². The Morgan fingerprint density at radius 2 is 1.91 bits per heavy atom. The number of rotatable bonds is 8. The molecule has 8 heteroatoms. The van der Waals surface area contributed by atoms with Crippen molar-refractivity contribution in [2.75, 3.05) is 20.1 Å². The van der Waals surface area contributed by atoms with Gasteiger partial charge in [0, 0.05) is 12.0 Å². The summed E-state index contributed by atoms with van der Waals surface area (Å²) in [6.45, 7) is 9.14. The molecule has 0 bridgehead atoms. The van der Waals surface area contributed by atoms with Crippen LogP contribution < -0.4 is 15.4 Å². The molecule has 1 saturated heterocycles. The molecule has 1 aromatic rings. The molecule has 2 amide bonds. The van der Waals surface area contributed by atoms with Crippen molar-refractivity contribution in [1.82, 2.24) is 15.5 Å². The number of hydrogen-bond donors (Lipinski definition) is 3. The lowest BCUT2D eigenvalue weighted by Gasteiger charge is -2.35. The van der Waals surface area contributed by atoms with E-state index in [2.05, 4.69) is 35.6 Å². The van der Waals surface area contributed by atoms with Gasteiger partial charge in [0.15, 0.2) is 0 Å². The van der Waals surface area contributed by atoms with Crippen LogP contribution in [0.1, 0.15) is 58.9 Å². The van der Waals surface area contributed by atoms with Crippen molar-refractivity contribution in [2.45, 2.75) is 70.9 Å². The van der Waals surface area contributed by atoms with Crippen LogP contribution in [0.25, 0.3) is 0 Å². The molecule has 1 aliphatic rings. The second-order valence-electron chi connectivity index (χ2n) is 9.18. The number of nitrogens with one attached hydrogen (secondary N) is 2. The first kappa shape index (κ1) is 25.6. The van der Waals surface area contributed by atoms with Gasteiger partial charge in [-0.25, -0.2) is 4.79 Å². The molecular formula is C24H37N3O5. The lowest BCUT2D eigenvalue weighted by molar-refractivity contribution is -0.141. The molecule has 8 nitrogen and oxygen atoms in total. The van der Waals surface area contributed by atoms with E-state index >= 15 is 0 Å². The number of amides is 2. The number of benzene rings is 1. The number of likely N-dealkylation sites (N-methyl/N-ethyl adjacent to an activating group) is 1. The zero-order chi connectivity index (χ0) is 23.9. The highest BCUT2D eigenvalue weighted by Crippen LogP contribution is 2.37. The third-order valence-corrected chi connectivity index (χ3v) is 6.30. The van der Waals surface area contributed by atoms with E-state index < -0.39 is 30.1 Å². The maximum absolute atomic E-state index is 12.6. The third-order valence-electron chi connectivity index (χ3n) is 6.30. The van der Waals surface area contributed by atoms with Crippen LogP contribution in [0.5, 0.6) is 5.75 Å². The second-order valence-corrected chi connectivity index (χ2v) is 9.18. The Balaban J connectivity index is 2.12. The van der Waals surface area contributed by atoms with E-state index in [1.54, 1.807) is 19.9 Å². The van der Waals surface area contributed by atoms with Crippen LogP contribution in [0.15, 0.2) is 24.3 Å². The maximum atomic E-state index is 12.6.